The molecule has 0 saturated carbocycles. The first-order valence-corrected chi connectivity index (χ1v) is 8.09. The van der Waals surface area contributed by atoms with E-state index in [4.69, 9.17) is 0 Å². The third-order valence-electron chi connectivity index (χ3n) is 3.24. The fraction of sp³-hybridized carbons (Fsp3) is 0.333. The average Bonchev–Trinajstić information content (AvgIpc) is 2.53. The summed E-state index contributed by atoms with van der Waals surface area (Å²) in [6.45, 7) is 1.08. The van der Waals surface area contributed by atoms with Gasteiger partial charge in [0.15, 0.2) is 0 Å². The maximum absolute atomic E-state index is 12.0. The SMILES string of the molecule is COC(=O)c1ccc(C=CC(=O)N2CCS(=O)CC2)cc1. The van der Waals surface area contributed by atoms with Crippen molar-refractivity contribution >= 4 is 28.8 Å². The van der Waals surface area contributed by atoms with E-state index in [2.05, 4.69) is 4.74 Å². The summed E-state index contributed by atoms with van der Waals surface area (Å²) in [6, 6.07) is 6.81. The summed E-state index contributed by atoms with van der Waals surface area (Å²) >= 11 is 0. The van der Waals surface area contributed by atoms with Gasteiger partial charge in [0, 0.05) is 41.5 Å². The van der Waals surface area contributed by atoms with Gasteiger partial charge in [0.05, 0.1) is 12.7 Å². The summed E-state index contributed by atoms with van der Waals surface area (Å²) in [7, 11) is 0.546. The van der Waals surface area contributed by atoms with Crippen LogP contribution in [0.5, 0.6) is 0 Å². The van der Waals surface area contributed by atoms with Crippen LogP contribution < -0.4 is 0 Å². The van der Waals surface area contributed by atoms with Gasteiger partial charge in [0.1, 0.15) is 0 Å². The largest absolute Gasteiger partial charge is 0.465 e. The number of benzene rings is 1. The fourth-order valence-corrected chi connectivity index (χ4v) is 3.03. The van der Waals surface area contributed by atoms with Gasteiger partial charge in [-0.15, -0.1) is 0 Å². The van der Waals surface area contributed by atoms with Gasteiger partial charge >= 0.3 is 5.97 Å². The number of carbonyl (C=O) groups excluding carboxylic acids is 2. The molecule has 1 aromatic rings. The Morgan fingerprint density at radius 3 is 2.38 bits per heavy atom. The summed E-state index contributed by atoms with van der Waals surface area (Å²) < 4.78 is 15.9. The minimum Gasteiger partial charge on any atom is -0.465 e. The zero-order valence-corrected chi connectivity index (χ0v) is 12.6. The van der Waals surface area contributed by atoms with Crippen molar-refractivity contribution in [1.82, 2.24) is 4.90 Å². The van der Waals surface area contributed by atoms with Gasteiger partial charge in [-0.1, -0.05) is 12.1 Å². The lowest BCUT2D eigenvalue weighted by atomic mass is 10.1. The Hall–Kier alpha value is -1.95. The van der Waals surface area contributed by atoms with E-state index in [1.807, 2.05) is 0 Å². The highest BCUT2D eigenvalue weighted by Crippen LogP contribution is 2.08. The molecule has 1 aliphatic rings. The molecular weight excluding hydrogens is 290 g/mol. The molecule has 5 nitrogen and oxygen atoms in total. The number of nitrogens with zero attached hydrogens (tertiary/aromatic N) is 1. The van der Waals surface area contributed by atoms with Crippen LogP contribution in [0.15, 0.2) is 30.3 Å². The van der Waals surface area contributed by atoms with Crippen LogP contribution in [0.1, 0.15) is 15.9 Å². The lowest BCUT2D eigenvalue weighted by Crippen LogP contribution is -2.40. The molecule has 1 amide bonds. The number of hydrogen-bond donors (Lipinski definition) is 0. The Morgan fingerprint density at radius 2 is 1.81 bits per heavy atom. The Labute approximate surface area is 126 Å². The highest BCUT2D eigenvalue weighted by molar-refractivity contribution is 7.85. The van der Waals surface area contributed by atoms with Gasteiger partial charge in [-0.3, -0.25) is 9.00 Å². The minimum absolute atomic E-state index is 0.0799. The maximum atomic E-state index is 12.0. The number of amides is 1. The normalized spacial score (nSPS) is 16.1. The van der Waals surface area contributed by atoms with E-state index in [9.17, 15) is 13.8 Å². The molecule has 112 valence electrons. The van der Waals surface area contributed by atoms with Crippen molar-refractivity contribution in [1.29, 1.82) is 0 Å². The molecule has 6 heteroatoms. The van der Waals surface area contributed by atoms with E-state index in [0.717, 1.165) is 5.56 Å². The summed E-state index contributed by atoms with van der Waals surface area (Å²) in [6.07, 6.45) is 3.20. The summed E-state index contributed by atoms with van der Waals surface area (Å²) in [5.74, 6) is 0.632. The van der Waals surface area contributed by atoms with Crippen LogP contribution >= 0.6 is 0 Å². The average molecular weight is 307 g/mol. The van der Waals surface area contributed by atoms with Crippen LogP contribution in [-0.4, -0.2) is 52.7 Å². The molecular formula is C15H17NO4S. The number of esters is 1. The molecule has 0 aromatic heterocycles. The molecule has 0 spiro atoms. The van der Waals surface area contributed by atoms with Crippen molar-refractivity contribution in [3.63, 3.8) is 0 Å². The second-order valence-corrected chi connectivity index (χ2v) is 6.32. The van der Waals surface area contributed by atoms with Gasteiger partial charge in [0.25, 0.3) is 0 Å². The number of carbonyl (C=O) groups is 2. The van der Waals surface area contributed by atoms with E-state index in [1.54, 1.807) is 35.2 Å². The zero-order chi connectivity index (χ0) is 15.2. The third kappa shape index (κ3) is 4.26. The fourth-order valence-electron chi connectivity index (χ4n) is 1.98. The van der Waals surface area contributed by atoms with E-state index in [1.165, 1.54) is 13.2 Å². The number of hydrogen-bond acceptors (Lipinski definition) is 4. The Bertz CT molecular complexity index is 570. The first kappa shape index (κ1) is 15.4. The van der Waals surface area contributed by atoms with Crippen LogP contribution in [0.25, 0.3) is 6.08 Å². The van der Waals surface area contributed by atoms with Crippen molar-refractivity contribution in [3.8, 4) is 0 Å². The van der Waals surface area contributed by atoms with Gasteiger partial charge < -0.3 is 9.64 Å². The lowest BCUT2D eigenvalue weighted by molar-refractivity contribution is -0.125. The predicted octanol–water partition coefficient (Wildman–Crippen LogP) is 1.08. The maximum Gasteiger partial charge on any atom is 0.337 e. The molecule has 1 aliphatic heterocycles. The highest BCUT2D eigenvalue weighted by atomic mass is 32.2. The highest BCUT2D eigenvalue weighted by Gasteiger charge is 2.17. The monoisotopic (exact) mass is 307 g/mol. The van der Waals surface area contributed by atoms with E-state index < -0.39 is 10.8 Å². The molecule has 21 heavy (non-hydrogen) atoms. The minimum atomic E-state index is -0.787. The van der Waals surface area contributed by atoms with Crippen LogP contribution in [0, 0.1) is 0 Å². The third-order valence-corrected chi connectivity index (χ3v) is 4.52. The molecule has 1 aromatic carbocycles. The van der Waals surface area contributed by atoms with Crippen molar-refractivity contribution in [2.75, 3.05) is 31.7 Å². The second-order valence-electron chi connectivity index (χ2n) is 4.62. The summed E-state index contributed by atoms with van der Waals surface area (Å²) in [5.41, 5.74) is 1.30. The number of methoxy groups -OCH3 is 1. The first-order chi connectivity index (χ1) is 10.1. The van der Waals surface area contributed by atoms with Crippen LogP contribution in [0.2, 0.25) is 0 Å². The van der Waals surface area contributed by atoms with Gasteiger partial charge in [-0.25, -0.2) is 4.79 Å². The second kappa shape index (κ2) is 7.17. The van der Waals surface area contributed by atoms with Gasteiger partial charge in [-0.2, -0.15) is 0 Å². The van der Waals surface area contributed by atoms with E-state index in [0.29, 0.717) is 30.2 Å². The Kier molecular flexibility index (Phi) is 5.27. The van der Waals surface area contributed by atoms with Crippen LogP contribution in [-0.2, 0) is 20.3 Å². The molecule has 0 unspecified atom stereocenters. The molecule has 0 radical (unpaired) electrons. The summed E-state index contributed by atoms with van der Waals surface area (Å²) in [4.78, 5) is 25.0. The van der Waals surface area contributed by atoms with E-state index in [-0.39, 0.29) is 11.9 Å². The van der Waals surface area contributed by atoms with Crippen LogP contribution in [0.4, 0.5) is 0 Å². The Morgan fingerprint density at radius 1 is 1.19 bits per heavy atom. The smallest absolute Gasteiger partial charge is 0.337 e. The molecule has 1 fully saturated rings. The van der Waals surface area contributed by atoms with Gasteiger partial charge in [-0.05, 0) is 23.8 Å². The quantitative estimate of drug-likeness (QED) is 0.619. The standard InChI is InChI=1S/C15H17NO4S/c1-20-15(18)13-5-2-12(3-6-13)4-7-14(17)16-8-10-21(19)11-9-16/h2-7H,8-11H2,1H3. The van der Waals surface area contributed by atoms with Crippen molar-refractivity contribution < 1.29 is 18.5 Å². The first-order valence-electron chi connectivity index (χ1n) is 6.60. The van der Waals surface area contributed by atoms with Crippen molar-refractivity contribution in [2.24, 2.45) is 0 Å². The van der Waals surface area contributed by atoms with E-state index >= 15 is 0 Å². The predicted molar refractivity (Wildman–Crippen MR) is 81.3 cm³/mol. The number of rotatable bonds is 3. The molecule has 0 aliphatic carbocycles. The molecule has 1 saturated heterocycles. The Balaban J connectivity index is 1.95. The van der Waals surface area contributed by atoms with Gasteiger partial charge in [0.2, 0.25) is 5.91 Å². The molecule has 1 heterocycles. The summed E-state index contributed by atoms with van der Waals surface area (Å²) in [5, 5.41) is 0. The molecule has 0 bridgehead atoms. The van der Waals surface area contributed by atoms with Crippen molar-refractivity contribution in [2.45, 2.75) is 0 Å². The molecule has 2 rings (SSSR count). The number of ether oxygens (including phenoxy) is 1. The lowest BCUT2D eigenvalue weighted by Gasteiger charge is -2.24. The zero-order valence-electron chi connectivity index (χ0n) is 11.8. The molecule has 0 atom stereocenters. The molecule has 0 N–H and O–H groups in total. The topological polar surface area (TPSA) is 63.7 Å². The van der Waals surface area contributed by atoms with Crippen molar-refractivity contribution in [3.05, 3.63) is 41.5 Å². The van der Waals surface area contributed by atoms with Crippen LogP contribution in [0.3, 0.4) is 0 Å².